The second-order valence-corrected chi connectivity index (χ2v) is 3.69. The molecular formula is C12H16N4O2. The van der Waals surface area contributed by atoms with Crippen molar-refractivity contribution in [2.24, 2.45) is 5.73 Å². The molecule has 0 atom stereocenters. The summed E-state index contributed by atoms with van der Waals surface area (Å²) in [5.41, 5.74) is 6.28. The van der Waals surface area contributed by atoms with Crippen LogP contribution in [-0.2, 0) is 6.54 Å². The van der Waals surface area contributed by atoms with E-state index in [0.29, 0.717) is 24.7 Å². The fourth-order valence-corrected chi connectivity index (χ4v) is 1.65. The smallest absolute Gasteiger partial charge is 0.184 e. The number of hydrogen-bond acceptors (Lipinski definition) is 5. The van der Waals surface area contributed by atoms with Crippen molar-refractivity contribution in [3.8, 4) is 22.9 Å². The quantitative estimate of drug-likeness (QED) is 0.851. The molecule has 0 aliphatic rings. The fourth-order valence-electron chi connectivity index (χ4n) is 1.65. The first-order chi connectivity index (χ1) is 8.78. The molecule has 0 radical (unpaired) electrons. The zero-order valence-corrected chi connectivity index (χ0v) is 10.5. The van der Waals surface area contributed by atoms with Gasteiger partial charge in [0.1, 0.15) is 17.8 Å². The average Bonchev–Trinajstić information content (AvgIpc) is 2.87. The van der Waals surface area contributed by atoms with Gasteiger partial charge in [-0.3, -0.25) is 4.68 Å². The number of benzene rings is 1. The summed E-state index contributed by atoms with van der Waals surface area (Å²) in [5, 5.41) is 4.34. The predicted octanol–water partition coefficient (Wildman–Crippen LogP) is 0.921. The maximum atomic E-state index is 5.48. The Morgan fingerprint density at radius 2 is 2.11 bits per heavy atom. The number of ether oxygens (including phenoxy) is 2. The molecule has 2 rings (SSSR count). The number of aromatic nitrogens is 3. The minimum Gasteiger partial charge on any atom is -0.497 e. The predicted molar refractivity (Wildman–Crippen MR) is 67.6 cm³/mol. The Bertz CT molecular complexity index is 525. The van der Waals surface area contributed by atoms with Gasteiger partial charge in [-0.05, 0) is 18.2 Å². The van der Waals surface area contributed by atoms with E-state index in [1.807, 2.05) is 18.2 Å². The highest BCUT2D eigenvalue weighted by molar-refractivity contribution is 5.65. The zero-order valence-electron chi connectivity index (χ0n) is 10.5. The molecule has 0 aliphatic carbocycles. The highest BCUT2D eigenvalue weighted by atomic mass is 16.5. The minimum absolute atomic E-state index is 0.526. The third-order valence-electron chi connectivity index (χ3n) is 2.54. The lowest BCUT2D eigenvalue weighted by Crippen LogP contribution is -2.10. The Hall–Kier alpha value is -2.08. The summed E-state index contributed by atoms with van der Waals surface area (Å²) in [6, 6.07) is 5.51. The standard InChI is InChI=1S/C12H16N4O2/c1-17-9-3-4-11(18-2)10(7-9)12-14-8-16(15-12)6-5-13/h3-4,7-8H,5-6,13H2,1-2H3. The molecule has 0 aliphatic heterocycles. The van der Waals surface area contributed by atoms with E-state index in [9.17, 15) is 0 Å². The van der Waals surface area contributed by atoms with Crippen LogP contribution in [0.15, 0.2) is 24.5 Å². The van der Waals surface area contributed by atoms with Crippen LogP contribution in [0.4, 0.5) is 0 Å². The Balaban J connectivity index is 2.40. The van der Waals surface area contributed by atoms with Crippen LogP contribution in [0.2, 0.25) is 0 Å². The van der Waals surface area contributed by atoms with Crippen LogP contribution >= 0.6 is 0 Å². The summed E-state index contributed by atoms with van der Waals surface area (Å²) in [6.45, 7) is 1.16. The lowest BCUT2D eigenvalue weighted by molar-refractivity contribution is 0.404. The third kappa shape index (κ3) is 2.43. The lowest BCUT2D eigenvalue weighted by Gasteiger charge is -2.07. The second-order valence-electron chi connectivity index (χ2n) is 3.69. The number of hydrogen-bond donors (Lipinski definition) is 1. The summed E-state index contributed by atoms with van der Waals surface area (Å²) in [5.74, 6) is 2.04. The molecule has 6 nitrogen and oxygen atoms in total. The van der Waals surface area contributed by atoms with Crippen molar-refractivity contribution in [3.63, 3.8) is 0 Å². The highest BCUT2D eigenvalue weighted by Gasteiger charge is 2.11. The molecule has 6 heteroatoms. The SMILES string of the molecule is COc1ccc(OC)c(-c2ncn(CCN)n2)c1. The fraction of sp³-hybridized carbons (Fsp3) is 0.333. The number of methoxy groups -OCH3 is 2. The number of nitrogens with two attached hydrogens (primary N) is 1. The van der Waals surface area contributed by atoms with Gasteiger partial charge in [0.25, 0.3) is 0 Å². The molecule has 0 bridgehead atoms. The summed E-state index contributed by atoms with van der Waals surface area (Å²) < 4.78 is 12.2. The Labute approximate surface area is 105 Å². The van der Waals surface area contributed by atoms with Gasteiger partial charge in [0.15, 0.2) is 5.82 Å². The molecule has 0 saturated carbocycles. The first kappa shape index (κ1) is 12.4. The highest BCUT2D eigenvalue weighted by Crippen LogP contribution is 2.30. The van der Waals surface area contributed by atoms with Crippen molar-refractivity contribution in [2.45, 2.75) is 6.54 Å². The zero-order chi connectivity index (χ0) is 13.0. The van der Waals surface area contributed by atoms with E-state index >= 15 is 0 Å². The number of rotatable bonds is 5. The van der Waals surface area contributed by atoms with Crippen molar-refractivity contribution in [3.05, 3.63) is 24.5 Å². The van der Waals surface area contributed by atoms with Gasteiger partial charge in [-0.25, -0.2) is 4.98 Å². The number of nitrogens with zero attached hydrogens (tertiary/aromatic N) is 3. The molecule has 0 unspecified atom stereocenters. The van der Waals surface area contributed by atoms with E-state index in [0.717, 1.165) is 11.3 Å². The molecule has 2 aromatic rings. The van der Waals surface area contributed by atoms with Crippen molar-refractivity contribution in [1.29, 1.82) is 0 Å². The molecule has 0 spiro atoms. The van der Waals surface area contributed by atoms with Crippen LogP contribution in [0, 0.1) is 0 Å². The molecular weight excluding hydrogens is 232 g/mol. The van der Waals surface area contributed by atoms with Crippen LogP contribution < -0.4 is 15.2 Å². The van der Waals surface area contributed by atoms with Gasteiger partial charge in [0, 0.05) is 6.54 Å². The van der Waals surface area contributed by atoms with Gasteiger partial charge < -0.3 is 15.2 Å². The molecule has 18 heavy (non-hydrogen) atoms. The van der Waals surface area contributed by atoms with E-state index in [1.165, 1.54) is 0 Å². The van der Waals surface area contributed by atoms with Crippen molar-refractivity contribution in [2.75, 3.05) is 20.8 Å². The topological polar surface area (TPSA) is 75.2 Å². The first-order valence-electron chi connectivity index (χ1n) is 5.60. The first-order valence-corrected chi connectivity index (χ1v) is 5.60. The lowest BCUT2D eigenvalue weighted by atomic mass is 10.2. The summed E-state index contributed by atoms with van der Waals surface area (Å²) >= 11 is 0. The van der Waals surface area contributed by atoms with E-state index in [2.05, 4.69) is 10.1 Å². The van der Waals surface area contributed by atoms with E-state index in [1.54, 1.807) is 25.2 Å². The Kier molecular flexibility index (Phi) is 3.78. The van der Waals surface area contributed by atoms with E-state index in [-0.39, 0.29) is 0 Å². The van der Waals surface area contributed by atoms with Gasteiger partial charge >= 0.3 is 0 Å². The van der Waals surface area contributed by atoms with Crippen molar-refractivity contribution >= 4 is 0 Å². The van der Waals surface area contributed by atoms with Gasteiger partial charge in [-0.2, -0.15) is 5.10 Å². The van der Waals surface area contributed by atoms with Gasteiger partial charge in [0.2, 0.25) is 0 Å². The van der Waals surface area contributed by atoms with Crippen molar-refractivity contribution in [1.82, 2.24) is 14.8 Å². The monoisotopic (exact) mass is 248 g/mol. The molecule has 1 aromatic carbocycles. The molecule has 1 heterocycles. The molecule has 96 valence electrons. The molecule has 2 N–H and O–H groups in total. The maximum absolute atomic E-state index is 5.48. The van der Waals surface area contributed by atoms with Crippen LogP contribution in [0.5, 0.6) is 11.5 Å². The summed E-state index contributed by atoms with van der Waals surface area (Å²) in [4.78, 5) is 4.25. The van der Waals surface area contributed by atoms with Gasteiger partial charge in [-0.15, -0.1) is 0 Å². The molecule has 0 fully saturated rings. The Morgan fingerprint density at radius 1 is 1.28 bits per heavy atom. The largest absolute Gasteiger partial charge is 0.497 e. The van der Waals surface area contributed by atoms with Crippen LogP contribution in [-0.4, -0.2) is 35.5 Å². The van der Waals surface area contributed by atoms with E-state index < -0.39 is 0 Å². The van der Waals surface area contributed by atoms with Crippen LogP contribution in [0.1, 0.15) is 0 Å². The third-order valence-corrected chi connectivity index (χ3v) is 2.54. The van der Waals surface area contributed by atoms with Crippen LogP contribution in [0.3, 0.4) is 0 Å². The summed E-state index contributed by atoms with van der Waals surface area (Å²) in [6.07, 6.45) is 1.65. The molecule has 0 amide bonds. The van der Waals surface area contributed by atoms with Gasteiger partial charge in [0.05, 0.1) is 26.3 Å². The molecule has 1 aromatic heterocycles. The average molecular weight is 248 g/mol. The molecule has 0 saturated heterocycles. The maximum Gasteiger partial charge on any atom is 0.184 e. The minimum atomic E-state index is 0.526. The normalized spacial score (nSPS) is 10.4. The Morgan fingerprint density at radius 3 is 2.78 bits per heavy atom. The second kappa shape index (κ2) is 5.50. The van der Waals surface area contributed by atoms with Crippen molar-refractivity contribution < 1.29 is 9.47 Å². The van der Waals surface area contributed by atoms with E-state index in [4.69, 9.17) is 15.2 Å². The van der Waals surface area contributed by atoms with Crippen LogP contribution in [0.25, 0.3) is 11.4 Å². The van der Waals surface area contributed by atoms with Gasteiger partial charge in [-0.1, -0.05) is 0 Å². The summed E-state index contributed by atoms with van der Waals surface area (Å²) in [7, 11) is 3.23.